The van der Waals surface area contributed by atoms with Gasteiger partial charge in [0, 0.05) is 0 Å². The Kier molecular flexibility index (Phi) is 4.36. The van der Waals surface area contributed by atoms with Crippen LogP contribution in [0.4, 0.5) is 0 Å². The second-order valence-corrected chi connectivity index (χ2v) is 5.37. The van der Waals surface area contributed by atoms with Crippen LogP contribution in [0.2, 0.25) is 0 Å². The van der Waals surface area contributed by atoms with E-state index >= 15 is 0 Å². The Hall–Kier alpha value is -2.66. The number of rotatable bonds is 5. The smallest absolute Gasteiger partial charge is 0.161 e. The lowest BCUT2D eigenvalue weighted by atomic mass is 9.96. The van der Waals surface area contributed by atoms with Crippen molar-refractivity contribution in [1.29, 1.82) is 0 Å². The first-order valence-corrected chi connectivity index (χ1v) is 7.51. The van der Waals surface area contributed by atoms with Gasteiger partial charge < -0.3 is 24.1 Å². The summed E-state index contributed by atoms with van der Waals surface area (Å²) in [5.74, 6) is 2.56. The van der Waals surface area contributed by atoms with Crippen molar-refractivity contribution in [3.8, 4) is 23.0 Å². The maximum Gasteiger partial charge on any atom is 0.161 e. The molecule has 0 saturated heterocycles. The van der Waals surface area contributed by atoms with Gasteiger partial charge in [0.05, 0.1) is 35.0 Å². The third-order valence-corrected chi connectivity index (χ3v) is 4.22. The first-order chi connectivity index (χ1) is 11.7. The lowest BCUT2D eigenvalue weighted by Gasteiger charge is -2.15. The van der Waals surface area contributed by atoms with Crippen LogP contribution in [0.3, 0.4) is 0 Å². The molecule has 0 unspecified atom stereocenters. The third-order valence-electron chi connectivity index (χ3n) is 4.22. The number of hydrogen-bond donors (Lipinski definition) is 1. The fourth-order valence-corrected chi connectivity index (χ4v) is 3.01. The molecule has 0 atom stereocenters. The van der Waals surface area contributed by atoms with Gasteiger partial charge in [0.15, 0.2) is 23.0 Å². The van der Waals surface area contributed by atoms with Crippen molar-refractivity contribution >= 4 is 21.5 Å². The molecule has 0 saturated carbocycles. The van der Waals surface area contributed by atoms with E-state index in [-0.39, 0.29) is 6.61 Å². The van der Waals surface area contributed by atoms with Gasteiger partial charge >= 0.3 is 0 Å². The fourth-order valence-electron chi connectivity index (χ4n) is 3.01. The molecular weight excluding hydrogens is 308 g/mol. The highest BCUT2D eigenvalue weighted by atomic mass is 16.5. The van der Waals surface area contributed by atoms with Crippen molar-refractivity contribution in [2.24, 2.45) is 0 Å². The van der Waals surface area contributed by atoms with Crippen LogP contribution in [-0.4, -0.2) is 33.5 Å². The molecule has 1 N–H and O–H groups in total. The summed E-state index contributed by atoms with van der Waals surface area (Å²) in [5, 5.41) is 13.6. The molecule has 0 fully saturated rings. The van der Waals surface area contributed by atoms with E-state index in [2.05, 4.69) is 0 Å². The van der Waals surface area contributed by atoms with Gasteiger partial charge in [-0.3, -0.25) is 0 Å². The van der Waals surface area contributed by atoms with Gasteiger partial charge in [-0.2, -0.15) is 0 Å². The lowest BCUT2D eigenvalue weighted by Crippen LogP contribution is -1.95. The summed E-state index contributed by atoms with van der Waals surface area (Å²) < 4.78 is 21.6. The molecule has 0 radical (unpaired) electrons. The second kappa shape index (κ2) is 6.45. The van der Waals surface area contributed by atoms with E-state index < -0.39 is 0 Å². The Labute approximate surface area is 140 Å². The summed E-state index contributed by atoms with van der Waals surface area (Å²) in [5.41, 5.74) is 0.811. The number of fused-ring (bicyclic) bond motifs is 3. The molecule has 5 nitrogen and oxygen atoms in total. The van der Waals surface area contributed by atoms with Crippen LogP contribution in [0.15, 0.2) is 30.3 Å². The normalized spacial score (nSPS) is 10.9. The van der Waals surface area contributed by atoms with Crippen LogP contribution in [0.5, 0.6) is 23.0 Å². The molecule has 3 aromatic rings. The molecule has 0 aliphatic carbocycles. The molecule has 0 aliphatic rings. The first-order valence-electron chi connectivity index (χ1n) is 7.51. The molecule has 0 aliphatic heterocycles. The number of ether oxygens (including phenoxy) is 4. The van der Waals surface area contributed by atoms with Gasteiger partial charge in [0.1, 0.15) is 0 Å². The number of aliphatic hydroxyl groups excluding tert-OH is 1. The van der Waals surface area contributed by atoms with Crippen molar-refractivity contribution in [3.05, 3.63) is 35.9 Å². The van der Waals surface area contributed by atoms with Gasteiger partial charge in [-0.15, -0.1) is 0 Å². The highest BCUT2D eigenvalue weighted by Gasteiger charge is 2.14. The summed E-state index contributed by atoms with van der Waals surface area (Å²) in [4.78, 5) is 0. The van der Waals surface area contributed by atoms with Crippen LogP contribution >= 0.6 is 0 Å². The minimum absolute atomic E-state index is 0.0731. The average Bonchev–Trinajstić information content (AvgIpc) is 2.64. The number of benzene rings is 3. The maximum atomic E-state index is 9.78. The zero-order valence-electron chi connectivity index (χ0n) is 14.2. The number of aliphatic hydroxyl groups is 1. The largest absolute Gasteiger partial charge is 0.493 e. The summed E-state index contributed by atoms with van der Waals surface area (Å²) >= 11 is 0. The summed E-state index contributed by atoms with van der Waals surface area (Å²) in [6.45, 7) is -0.0731. The molecule has 3 aromatic carbocycles. The highest BCUT2D eigenvalue weighted by molar-refractivity contribution is 6.11. The van der Waals surface area contributed by atoms with Gasteiger partial charge in [-0.05, 0) is 57.4 Å². The predicted octanol–water partition coefficient (Wildman–Crippen LogP) is 3.52. The van der Waals surface area contributed by atoms with Crippen LogP contribution < -0.4 is 18.9 Å². The molecule has 0 heterocycles. The van der Waals surface area contributed by atoms with E-state index in [0.717, 1.165) is 27.1 Å². The Bertz CT molecular complexity index is 902. The summed E-state index contributed by atoms with van der Waals surface area (Å²) in [6, 6.07) is 9.59. The molecule has 126 valence electrons. The quantitative estimate of drug-likeness (QED) is 0.726. The molecule has 0 amide bonds. The van der Waals surface area contributed by atoms with Crippen LogP contribution in [0.1, 0.15) is 5.56 Å². The second-order valence-electron chi connectivity index (χ2n) is 5.37. The van der Waals surface area contributed by atoms with E-state index in [1.165, 1.54) is 0 Å². The van der Waals surface area contributed by atoms with Crippen molar-refractivity contribution in [3.63, 3.8) is 0 Å². The standard InChI is InChI=1S/C19H20O5/c1-21-16-6-11-5-12(10-20)14-8-18(23-3)19(24-4)9-15(14)13(11)7-17(16)22-2/h5-9,20H,10H2,1-4H3. The molecule has 3 rings (SSSR count). The van der Waals surface area contributed by atoms with Gasteiger partial charge in [-0.1, -0.05) is 0 Å². The SMILES string of the molecule is COc1cc2cc(CO)c3cc(OC)c(OC)cc3c2cc1OC. The Morgan fingerprint density at radius 2 is 1.08 bits per heavy atom. The topological polar surface area (TPSA) is 57.2 Å². The predicted molar refractivity (Wildman–Crippen MR) is 93.6 cm³/mol. The highest BCUT2D eigenvalue weighted by Crippen LogP contribution is 2.41. The van der Waals surface area contributed by atoms with E-state index in [1.807, 2.05) is 30.3 Å². The Morgan fingerprint density at radius 3 is 1.58 bits per heavy atom. The molecular formula is C19H20O5. The zero-order chi connectivity index (χ0) is 17.3. The average molecular weight is 328 g/mol. The van der Waals surface area contributed by atoms with E-state index in [1.54, 1.807) is 28.4 Å². The molecule has 5 heteroatoms. The van der Waals surface area contributed by atoms with Crippen LogP contribution in [0, 0.1) is 0 Å². The van der Waals surface area contributed by atoms with Crippen molar-refractivity contribution in [2.75, 3.05) is 28.4 Å². The van der Waals surface area contributed by atoms with Crippen LogP contribution in [-0.2, 0) is 6.61 Å². The van der Waals surface area contributed by atoms with Gasteiger partial charge in [0.2, 0.25) is 0 Å². The molecule has 0 bridgehead atoms. The zero-order valence-corrected chi connectivity index (χ0v) is 14.2. The third kappa shape index (κ3) is 2.47. The minimum atomic E-state index is -0.0731. The maximum absolute atomic E-state index is 9.78. The summed E-state index contributed by atoms with van der Waals surface area (Å²) in [7, 11) is 6.41. The number of hydrogen-bond acceptors (Lipinski definition) is 5. The van der Waals surface area contributed by atoms with Crippen molar-refractivity contribution in [1.82, 2.24) is 0 Å². The van der Waals surface area contributed by atoms with E-state index in [9.17, 15) is 5.11 Å². The Balaban J connectivity index is 2.46. The molecule has 0 spiro atoms. The molecule has 0 aromatic heterocycles. The monoisotopic (exact) mass is 328 g/mol. The van der Waals surface area contributed by atoms with E-state index in [0.29, 0.717) is 23.0 Å². The van der Waals surface area contributed by atoms with Crippen LogP contribution in [0.25, 0.3) is 21.5 Å². The minimum Gasteiger partial charge on any atom is -0.493 e. The van der Waals surface area contributed by atoms with Gasteiger partial charge in [0.25, 0.3) is 0 Å². The first kappa shape index (κ1) is 16.2. The van der Waals surface area contributed by atoms with E-state index in [4.69, 9.17) is 18.9 Å². The van der Waals surface area contributed by atoms with Crippen molar-refractivity contribution in [2.45, 2.75) is 6.61 Å². The Morgan fingerprint density at radius 1 is 0.625 bits per heavy atom. The molecule has 24 heavy (non-hydrogen) atoms. The summed E-state index contributed by atoms with van der Waals surface area (Å²) in [6.07, 6.45) is 0. The van der Waals surface area contributed by atoms with Crippen molar-refractivity contribution < 1.29 is 24.1 Å². The fraction of sp³-hybridized carbons (Fsp3) is 0.263. The van der Waals surface area contributed by atoms with Gasteiger partial charge in [-0.25, -0.2) is 0 Å². The lowest BCUT2D eigenvalue weighted by molar-refractivity contribution is 0.283. The number of methoxy groups -OCH3 is 4.